The van der Waals surface area contributed by atoms with E-state index in [2.05, 4.69) is 16.9 Å². The van der Waals surface area contributed by atoms with Gasteiger partial charge in [0.15, 0.2) is 12.2 Å². The van der Waals surface area contributed by atoms with Gasteiger partial charge >= 0.3 is 12.1 Å². The van der Waals surface area contributed by atoms with Crippen LogP contribution in [-0.2, 0) is 4.84 Å². The smallest absolute Gasteiger partial charge is 0.404 e. The lowest BCUT2D eigenvalue weighted by atomic mass is 9.98. The monoisotopic (exact) mass is 320 g/mol. The van der Waals surface area contributed by atoms with Crippen LogP contribution in [0.5, 0.6) is 0 Å². The van der Waals surface area contributed by atoms with E-state index in [4.69, 9.17) is 14.4 Å². The standard InChI is InChI=1S/C14H16N4O5/c1-2-3-23-18-11-7-17(14(18)21)9(5-16-13(19)20)4-10(11)12-6-15-8-22-12/h2,4,6,8-9,11,16H,1,3,5,7H2,(H,19,20)/t9?,11-/m0/s1. The Labute approximate surface area is 131 Å². The summed E-state index contributed by atoms with van der Waals surface area (Å²) in [7, 11) is 0. The van der Waals surface area contributed by atoms with Gasteiger partial charge < -0.3 is 19.7 Å². The average molecular weight is 320 g/mol. The van der Waals surface area contributed by atoms with Crippen molar-refractivity contribution < 1.29 is 24.0 Å². The number of fused-ring (bicyclic) bond motifs is 2. The second-order valence-corrected chi connectivity index (χ2v) is 5.10. The van der Waals surface area contributed by atoms with Crippen molar-refractivity contribution in [2.45, 2.75) is 12.1 Å². The van der Waals surface area contributed by atoms with Crippen LogP contribution in [0.1, 0.15) is 5.76 Å². The third-order valence-corrected chi connectivity index (χ3v) is 3.73. The van der Waals surface area contributed by atoms with Gasteiger partial charge in [-0.1, -0.05) is 12.2 Å². The maximum atomic E-state index is 12.5. The van der Waals surface area contributed by atoms with Crippen molar-refractivity contribution in [2.24, 2.45) is 0 Å². The zero-order chi connectivity index (χ0) is 16.4. The van der Waals surface area contributed by atoms with Crippen LogP contribution in [-0.4, -0.2) is 64.0 Å². The first-order valence-electron chi connectivity index (χ1n) is 7.03. The Balaban J connectivity index is 1.90. The highest BCUT2D eigenvalue weighted by Gasteiger charge is 2.47. The van der Waals surface area contributed by atoms with E-state index in [1.165, 1.54) is 11.5 Å². The summed E-state index contributed by atoms with van der Waals surface area (Å²) in [6.07, 6.45) is 5.07. The number of nitrogens with zero attached hydrogens (tertiary/aromatic N) is 3. The first kappa shape index (κ1) is 15.1. The predicted octanol–water partition coefficient (Wildman–Crippen LogP) is 0.932. The van der Waals surface area contributed by atoms with Gasteiger partial charge in [0, 0.05) is 12.1 Å². The maximum Gasteiger partial charge on any atom is 0.404 e. The molecular formula is C14H16N4O5. The number of carbonyl (C=O) groups is 2. The summed E-state index contributed by atoms with van der Waals surface area (Å²) in [4.78, 5) is 34.2. The fourth-order valence-electron chi connectivity index (χ4n) is 2.75. The van der Waals surface area contributed by atoms with Gasteiger partial charge in [0.25, 0.3) is 0 Å². The lowest BCUT2D eigenvalue weighted by molar-refractivity contribution is -0.106. The third kappa shape index (κ3) is 2.78. The molecule has 3 amide bonds. The Morgan fingerprint density at radius 3 is 3.13 bits per heavy atom. The van der Waals surface area contributed by atoms with Crippen LogP contribution < -0.4 is 5.32 Å². The number of nitrogens with one attached hydrogen (secondary N) is 1. The van der Waals surface area contributed by atoms with Gasteiger partial charge in [0.2, 0.25) is 0 Å². The number of oxazole rings is 1. The summed E-state index contributed by atoms with van der Waals surface area (Å²) in [5, 5.41) is 12.4. The second kappa shape index (κ2) is 6.13. The number of carbonyl (C=O) groups excluding carboxylic acids is 1. The lowest BCUT2D eigenvalue weighted by Crippen LogP contribution is -2.45. The largest absolute Gasteiger partial charge is 0.465 e. The first-order chi connectivity index (χ1) is 11.1. The number of rotatable bonds is 6. The molecule has 122 valence electrons. The molecule has 2 N–H and O–H groups in total. The number of hydrogen-bond donors (Lipinski definition) is 2. The van der Waals surface area contributed by atoms with Crippen molar-refractivity contribution >= 4 is 17.7 Å². The highest BCUT2D eigenvalue weighted by Crippen LogP contribution is 2.35. The van der Waals surface area contributed by atoms with E-state index < -0.39 is 12.1 Å². The fourth-order valence-corrected chi connectivity index (χ4v) is 2.75. The molecule has 1 saturated heterocycles. The van der Waals surface area contributed by atoms with Gasteiger partial charge in [0.05, 0.1) is 25.4 Å². The summed E-state index contributed by atoms with van der Waals surface area (Å²) in [6, 6.07) is -1.08. The zero-order valence-electron chi connectivity index (χ0n) is 12.2. The molecule has 0 aromatic carbocycles. The van der Waals surface area contributed by atoms with E-state index >= 15 is 0 Å². The van der Waals surface area contributed by atoms with Crippen LogP contribution in [0.3, 0.4) is 0 Å². The van der Waals surface area contributed by atoms with Crippen LogP contribution >= 0.6 is 0 Å². The van der Waals surface area contributed by atoms with E-state index in [1.54, 1.807) is 23.2 Å². The Kier molecular flexibility index (Phi) is 4.02. The quantitative estimate of drug-likeness (QED) is 0.755. The molecule has 0 radical (unpaired) electrons. The Hall–Kier alpha value is -2.81. The van der Waals surface area contributed by atoms with Crippen LogP contribution in [0.15, 0.2) is 35.7 Å². The summed E-state index contributed by atoms with van der Waals surface area (Å²) < 4.78 is 5.34. The number of hydroxylamine groups is 2. The molecule has 2 atom stereocenters. The van der Waals surface area contributed by atoms with E-state index in [0.29, 0.717) is 12.3 Å². The SMILES string of the molecule is C=CCON1C(=O)N2C[C@H]1C(c1cnco1)=CC2CNC(=O)O. The van der Waals surface area contributed by atoms with Crippen LogP contribution in [0.4, 0.5) is 9.59 Å². The number of urea groups is 1. The Morgan fingerprint density at radius 2 is 2.48 bits per heavy atom. The van der Waals surface area contributed by atoms with Crippen molar-refractivity contribution in [2.75, 3.05) is 19.7 Å². The summed E-state index contributed by atoms with van der Waals surface area (Å²) in [5.41, 5.74) is 0.742. The van der Waals surface area contributed by atoms with Crippen molar-refractivity contribution in [3.8, 4) is 0 Å². The minimum absolute atomic E-state index is 0.0841. The molecule has 23 heavy (non-hydrogen) atoms. The molecule has 1 aromatic heterocycles. The molecule has 0 spiro atoms. The molecule has 9 nitrogen and oxygen atoms in total. The molecule has 3 rings (SSSR count). The van der Waals surface area contributed by atoms with E-state index in [1.807, 2.05) is 0 Å². The maximum absolute atomic E-state index is 12.5. The van der Waals surface area contributed by atoms with E-state index in [9.17, 15) is 9.59 Å². The van der Waals surface area contributed by atoms with Gasteiger partial charge in [-0.2, -0.15) is 5.06 Å². The highest BCUT2D eigenvalue weighted by atomic mass is 16.7. The molecule has 1 fully saturated rings. The zero-order valence-corrected chi connectivity index (χ0v) is 12.2. The molecule has 2 bridgehead atoms. The highest BCUT2D eigenvalue weighted by molar-refractivity contribution is 5.84. The Morgan fingerprint density at radius 1 is 1.65 bits per heavy atom. The molecule has 2 aliphatic rings. The van der Waals surface area contributed by atoms with Gasteiger partial charge in [-0.15, -0.1) is 6.58 Å². The minimum Gasteiger partial charge on any atom is -0.465 e. The second-order valence-electron chi connectivity index (χ2n) is 5.10. The number of amides is 3. The summed E-state index contributed by atoms with van der Waals surface area (Å²) in [6.45, 7) is 4.23. The van der Waals surface area contributed by atoms with Gasteiger partial charge in [-0.05, 0) is 0 Å². The molecular weight excluding hydrogens is 304 g/mol. The molecule has 9 heteroatoms. The van der Waals surface area contributed by atoms with Crippen LogP contribution in [0.2, 0.25) is 0 Å². The van der Waals surface area contributed by atoms with Crippen molar-refractivity contribution in [1.82, 2.24) is 20.3 Å². The molecule has 0 aliphatic carbocycles. The van der Waals surface area contributed by atoms with Crippen LogP contribution in [0, 0.1) is 0 Å². The van der Waals surface area contributed by atoms with Gasteiger partial charge in [-0.25, -0.2) is 14.6 Å². The van der Waals surface area contributed by atoms with E-state index in [0.717, 1.165) is 5.57 Å². The average Bonchev–Trinajstić information content (AvgIpc) is 3.14. The van der Waals surface area contributed by atoms with Crippen molar-refractivity contribution in [3.63, 3.8) is 0 Å². The Bertz CT molecular complexity index is 642. The summed E-state index contributed by atoms with van der Waals surface area (Å²) in [5.74, 6) is 0.525. The topological polar surface area (TPSA) is 108 Å². The fraction of sp³-hybridized carbons (Fsp3) is 0.357. The predicted molar refractivity (Wildman–Crippen MR) is 78.2 cm³/mol. The normalized spacial score (nSPS) is 23.0. The summed E-state index contributed by atoms with van der Waals surface area (Å²) >= 11 is 0. The number of carboxylic acid groups (broad SMARTS) is 1. The number of hydrogen-bond acceptors (Lipinski definition) is 5. The van der Waals surface area contributed by atoms with Crippen LogP contribution in [0.25, 0.3) is 5.57 Å². The van der Waals surface area contributed by atoms with Crippen molar-refractivity contribution in [3.05, 3.63) is 37.1 Å². The van der Waals surface area contributed by atoms with Gasteiger partial charge in [0.1, 0.15) is 6.04 Å². The van der Waals surface area contributed by atoms with Gasteiger partial charge in [-0.3, -0.25) is 4.84 Å². The molecule has 1 unspecified atom stereocenters. The molecule has 2 aliphatic heterocycles. The van der Waals surface area contributed by atoms with Crippen molar-refractivity contribution in [1.29, 1.82) is 0 Å². The van der Waals surface area contributed by atoms with E-state index in [-0.39, 0.29) is 25.2 Å². The third-order valence-electron chi connectivity index (χ3n) is 3.73. The minimum atomic E-state index is -1.15. The molecule has 0 saturated carbocycles. The first-order valence-corrected chi connectivity index (χ1v) is 7.03. The number of aromatic nitrogens is 1. The lowest BCUT2D eigenvalue weighted by Gasteiger charge is -2.28. The molecule has 1 aromatic rings. The molecule has 3 heterocycles.